The van der Waals surface area contributed by atoms with Crippen molar-refractivity contribution < 1.29 is 18.7 Å². The van der Waals surface area contributed by atoms with Gasteiger partial charge in [-0.3, -0.25) is 0 Å². The zero-order valence-corrected chi connectivity index (χ0v) is 18.8. The van der Waals surface area contributed by atoms with Crippen molar-refractivity contribution in [1.29, 1.82) is 0 Å². The van der Waals surface area contributed by atoms with Crippen LogP contribution >= 0.6 is 0 Å². The van der Waals surface area contributed by atoms with Crippen molar-refractivity contribution in [2.45, 2.75) is 20.1 Å². The van der Waals surface area contributed by atoms with Crippen LogP contribution in [0.1, 0.15) is 28.4 Å². The third kappa shape index (κ3) is 4.86. The van der Waals surface area contributed by atoms with E-state index in [0.29, 0.717) is 17.7 Å². The molecular formula is C25H21FN6O3. The molecule has 0 aliphatic carbocycles. The Hall–Kier alpha value is -4.60. The number of carbonyl (C=O) groups excluding carboxylic acids is 1. The molecule has 0 bridgehead atoms. The van der Waals surface area contributed by atoms with Crippen LogP contribution in [0.4, 0.5) is 4.39 Å². The summed E-state index contributed by atoms with van der Waals surface area (Å²) in [6, 6.07) is 16.0. The summed E-state index contributed by atoms with van der Waals surface area (Å²) in [5, 5.41) is 4.20. The first-order valence-corrected chi connectivity index (χ1v) is 11.0. The molecule has 0 saturated heterocycles. The Labute approximate surface area is 199 Å². The number of ether oxygens (including phenoxy) is 2. The normalized spacial score (nSPS) is 11.0. The molecule has 0 atom stereocenters. The summed E-state index contributed by atoms with van der Waals surface area (Å²) in [7, 11) is 0. The van der Waals surface area contributed by atoms with Gasteiger partial charge >= 0.3 is 5.97 Å². The van der Waals surface area contributed by atoms with Crippen molar-refractivity contribution in [1.82, 2.24) is 29.3 Å². The molecule has 10 heteroatoms. The standard InChI is InChI=1S/C25H21FN6O3/c1-2-34-24(33)19-12-28-32(14-19)25-29-22-21(23(30-25)35-15-17-7-4-3-5-8-17)31(16-27-22)13-18-9-6-10-20(26)11-18/h3-12,14,16H,2,13,15H2,1H3. The quantitative estimate of drug-likeness (QED) is 0.316. The molecule has 0 aliphatic heterocycles. The largest absolute Gasteiger partial charge is 0.471 e. The Morgan fingerprint density at radius 2 is 1.89 bits per heavy atom. The number of aromatic nitrogens is 6. The topological polar surface area (TPSA) is 97.0 Å². The van der Waals surface area contributed by atoms with Crippen LogP contribution in [0.15, 0.2) is 73.3 Å². The lowest BCUT2D eigenvalue weighted by Gasteiger charge is -2.11. The highest BCUT2D eigenvalue weighted by Crippen LogP contribution is 2.25. The van der Waals surface area contributed by atoms with Crippen LogP contribution in [0, 0.1) is 5.82 Å². The number of fused-ring (bicyclic) bond motifs is 1. The highest BCUT2D eigenvalue weighted by Gasteiger charge is 2.18. The van der Waals surface area contributed by atoms with Gasteiger partial charge in [0.1, 0.15) is 12.4 Å². The maximum Gasteiger partial charge on any atom is 0.341 e. The Balaban J connectivity index is 1.54. The fraction of sp³-hybridized carbons (Fsp3) is 0.160. The van der Waals surface area contributed by atoms with E-state index in [0.717, 1.165) is 11.1 Å². The van der Waals surface area contributed by atoms with Gasteiger partial charge in [-0.25, -0.2) is 18.9 Å². The number of hydrogen-bond acceptors (Lipinski definition) is 7. The van der Waals surface area contributed by atoms with Crippen molar-refractivity contribution in [3.05, 3.63) is 95.8 Å². The van der Waals surface area contributed by atoms with Gasteiger partial charge in [-0.05, 0) is 30.2 Å². The van der Waals surface area contributed by atoms with E-state index in [4.69, 9.17) is 9.47 Å². The molecule has 0 fully saturated rings. The summed E-state index contributed by atoms with van der Waals surface area (Å²) in [6.45, 7) is 2.61. The van der Waals surface area contributed by atoms with E-state index >= 15 is 0 Å². The molecular weight excluding hydrogens is 451 g/mol. The first-order chi connectivity index (χ1) is 17.1. The van der Waals surface area contributed by atoms with E-state index < -0.39 is 5.97 Å². The molecule has 5 rings (SSSR count). The molecule has 0 amide bonds. The summed E-state index contributed by atoms with van der Waals surface area (Å²) in [5.41, 5.74) is 2.93. The average Bonchev–Trinajstić information content (AvgIpc) is 3.51. The minimum Gasteiger partial charge on any atom is -0.471 e. The highest BCUT2D eigenvalue weighted by atomic mass is 19.1. The lowest BCUT2D eigenvalue weighted by atomic mass is 10.2. The second-order valence-electron chi connectivity index (χ2n) is 7.67. The number of carbonyl (C=O) groups is 1. The lowest BCUT2D eigenvalue weighted by molar-refractivity contribution is 0.0526. The Bertz CT molecular complexity index is 1480. The van der Waals surface area contributed by atoms with Gasteiger partial charge in [0.05, 0.1) is 24.7 Å². The number of nitrogens with zero attached hydrogens (tertiary/aromatic N) is 6. The molecule has 0 unspecified atom stereocenters. The van der Waals surface area contributed by atoms with Gasteiger partial charge in [-0.1, -0.05) is 42.5 Å². The molecule has 2 aromatic carbocycles. The van der Waals surface area contributed by atoms with Gasteiger partial charge in [0.25, 0.3) is 5.95 Å². The van der Waals surface area contributed by atoms with E-state index in [1.165, 1.54) is 29.2 Å². The van der Waals surface area contributed by atoms with Crippen molar-refractivity contribution in [2.75, 3.05) is 6.61 Å². The van der Waals surface area contributed by atoms with Crippen LogP contribution < -0.4 is 4.74 Å². The Morgan fingerprint density at radius 3 is 2.69 bits per heavy atom. The summed E-state index contributed by atoms with van der Waals surface area (Å²) >= 11 is 0. The number of hydrogen-bond donors (Lipinski definition) is 0. The molecule has 35 heavy (non-hydrogen) atoms. The molecule has 0 spiro atoms. The number of benzene rings is 2. The van der Waals surface area contributed by atoms with E-state index in [-0.39, 0.29) is 36.4 Å². The Morgan fingerprint density at radius 1 is 1.06 bits per heavy atom. The molecule has 176 valence electrons. The number of rotatable bonds is 8. The predicted octanol–water partition coefficient (Wildman–Crippen LogP) is 3.96. The molecule has 3 aromatic heterocycles. The van der Waals surface area contributed by atoms with Crippen molar-refractivity contribution in [3.63, 3.8) is 0 Å². The molecule has 0 N–H and O–H groups in total. The van der Waals surface area contributed by atoms with Crippen LogP contribution in [-0.2, 0) is 17.9 Å². The zero-order valence-electron chi connectivity index (χ0n) is 18.8. The van der Waals surface area contributed by atoms with E-state index in [1.54, 1.807) is 23.9 Å². The van der Waals surface area contributed by atoms with Gasteiger partial charge in [0.2, 0.25) is 5.88 Å². The maximum atomic E-state index is 13.7. The first kappa shape index (κ1) is 22.2. The van der Waals surface area contributed by atoms with Gasteiger partial charge in [0, 0.05) is 12.7 Å². The van der Waals surface area contributed by atoms with Crippen LogP contribution in [0.5, 0.6) is 5.88 Å². The van der Waals surface area contributed by atoms with Gasteiger partial charge < -0.3 is 14.0 Å². The molecule has 0 radical (unpaired) electrons. The lowest BCUT2D eigenvalue weighted by Crippen LogP contribution is -2.08. The fourth-order valence-corrected chi connectivity index (χ4v) is 3.57. The third-order valence-corrected chi connectivity index (χ3v) is 5.19. The van der Waals surface area contributed by atoms with Crippen LogP contribution in [0.25, 0.3) is 17.1 Å². The third-order valence-electron chi connectivity index (χ3n) is 5.19. The summed E-state index contributed by atoms with van der Waals surface area (Å²) < 4.78 is 28.0. The molecule has 0 saturated carbocycles. The second kappa shape index (κ2) is 9.72. The average molecular weight is 472 g/mol. The second-order valence-corrected chi connectivity index (χ2v) is 7.67. The van der Waals surface area contributed by atoms with Gasteiger partial charge in [0.15, 0.2) is 11.2 Å². The number of halogens is 1. The molecule has 9 nitrogen and oxygen atoms in total. The molecule has 3 heterocycles. The SMILES string of the molecule is CCOC(=O)c1cnn(-c2nc(OCc3ccccc3)c3c(ncn3Cc3cccc(F)c3)n2)c1. The monoisotopic (exact) mass is 472 g/mol. The smallest absolute Gasteiger partial charge is 0.341 e. The van der Waals surface area contributed by atoms with Crippen molar-refractivity contribution >= 4 is 17.1 Å². The van der Waals surface area contributed by atoms with Crippen molar-refractivity contribution in [2.24, 2.45) is 0 Å². The summed E-state index contributed by atoms with van der Waals surface area (Å²) in [5.74, 6) is -0.329. The van der Waals surface area contributed by atoms with Gasteiger partial charge in [-0.15, -0.1) is 0 Å². The van der Waals surface area contributed by atoms with E-state index in [2.05, 4.69) is 20.1 Å². The maximum absolute atomic E-state index is 13.7. The zero-order chi connectivity index (χ0) is 24.2. The first-order valence-electron chi connectivity index (χ1n) is 11.0. The van der Waals surface area contributed by atoms with Crippen molar-refractivity contribution in [3.8, 4) is 11.8 Å². The van der Waals surface area contributed by atoms with E-state index in [9.17, 15) is 9.18 Å². The fourth-order valence-electron chi connectivity index (χ4n) is 3.57. The number of imidazole rings is 1. The highest BCUT2D eigenvalue weighted by molar-refractivity contribution is 5.88. The number of esters is 1. The minimum absolute atomic E-state index is 0.187. The predicted molar refractivity (Wildman–Crippen MR) is 125 cm³/mol. The molecule has 0 aliphatic rings. The van der Waals surface area contributed by atoms with Crippen LogP contribution in [-0.4, -0.2) is 41.9 Å². The summed E-state index contributed by atoms with van der Waals surface area (Å²) in [6.07, 6.45) is 4.49. The molecule has 5 aromatic rings. The van der Waals surface area contributed by atoms with E-state index in [1.807, 2.05) is 36.4 Å². The summed E-state index contributed by atoms with van der Waals surface area (Å²) in [4.78, 5) is 25.5. The Kier molecular flexibility index (Phi) is 6.16. The van der Waals surface area contributed by atoms with Gasteiger partial charge in [-0.2, -0.15) is 15.1 Å². The van der Waals surface area contributed by atoms with Crippen LogP contribution in [0.3, 0.4) is 0 Å². The van der Waals surface area contributed by atoms with Crippen LogP contribution in [0.2, 0.25) is 0 Å². The minimum atomic E-state index is -0.486.